The number of hydrogen-bond acceptors (Lipinski definition) is 3. The maximum atomic E-state index is 12.1. The van der Waals surface area contributed by atoms with Crippen molar-refractivity contribution in [2.75, 3.05) is 13.1 Å². The van der Waals surface area contributed by atoms with Crippen LogP contribution in [0.25, 0.3) is 0 Å². The highest BCUT2D eigenvalue weighted by molar-refractivity contribution is 6.30. The fourth-order valence-corrected chi connectivity index (χ4v) is 2.78. The Hall–Kier alpha value is -2.27. The van der Waals surface area contributed by atoms with Gasteiger partial charge in [0, 0.05) is 18.1 Å². The van der Waals surface area contributed by atoms with Crippen LogP contribution in [-0.2, 0) is 4.79 Å². The van der Waals surface area contributed by atoms with Crippen LogP contribution in [0.5, 0.6) is 0 Å². The zero-order chi connectivity index (χ0) is 16.8. The average Bonchev–Trinajstić information content (AvgIpc) is 2.80. The highest BCUT2D eigenvalue weighted by atomic mass is 35.5. The van der Waals surface area contributed by atoms with Crippen LogP contribution in [0.15, 0.2) is 49.3 Å². The number of halogens is 1. The first-order valence-corrected chi connectivity index (χ1v) is 7.82. The van der Waals surface area contributed by atoms with Gasteiger partial charge in [0.1, 0.15) is 6.04 Å². The van der Waals surface area contributed by atoms with Crippen molar-refractivity contribution in [1.82, 2.24) is 15.1 Å². The molecule has 122 valence electrons. The summed E-state index contributed by atoms with van der Waals surface area (Å²) in [4.78, 5) is 27.6. The van der Waals surface area contributed by atoms with Crippen LogP contribution < -0.4 is 5.32 Å². The van der Waals surface area contributed by atoms with Crippen molar-refractivity contribution in [3.63, 3.8) is 0 Å². The maximum Gasteiger partial charge on any atom is 0.325 e. The third-order valence-electron chi connectivity index (χ3n) is 3.61. The largest absolute Gasteiger partial charge is 0.355 e. The number of benzene rings is 1. The van der Waals surface area contributed by atoms with Crippen molar-refractivity contribution in [3.8, 4) is 0 Å². The second-order valence-electron chi connectivity index (χ2n) is 5.20. The number of nitrogens with one attached hydrogen (secondary N) is 1. The Morgan fingerprint density at radius 3 is 2.87 bits per heavy atom. The molecular formula is C17H20ClN3O2. The number of rotatable bonds is 7. The standard InChI is InChI=1S/C17H20ClN3O2/c1-3-9-20(4-2)10-6-11-21-15(16(22)19-17(21)23)13-7-5-8-14(18)12-13/h3-5,7-9,12,15H,2,6,10-11H2,1H3,(H,19,22,23)/b9-3-. The average molecular weight is 334 g/mol. The molecule has 1 aliphatic rings. The molecule has 1 aromatic rings. The molecule has 1 fully saturated rings. The molecule has 5 nitrogen and oxygen atoms in total. The van der Waals surface area contributed by atoms with Gasteiger partial charge < -0.3 is 9.80 Å². The topological polar surface area (TPSA) is 52.6 Å². The Labute approximate surface area is 141 Å². The molecule has 1 saturated heterocycles. The van der Waals surface area contributed by atoms with Gasteiger partial charge in [-0.2, -0.15) is 0 Å². The Morgan fingerprint density at radius 1 is 1.43 bits per heavy atom. The Balaban J connectivity index is 2.07. The van der Waals surface area contributed by atoms with E-state index >= 15 is 0 Å². The number of carbonyl (C=O) groups excluding carboxylic acids is 2. The monoisotopic (exact) mass is 333 g/mol. The van der Waals surface area contributed by atoms with Gasteiger partial charge in [-0.15, -0.1) is 0 Å². The van der Waals surface area contributed by atoms with E-state index in [0.29, 0.717) is 24.5 Å². The maximum absolute atomic E-state index is 12.1. The zero-order valence-corrected chi connectivity index (χ0v) is 13.8. The summed E-state index contributed by atoms with van der Waals surface area (Å²) in [6, 6.07) is 6.04. The summed E-state index contributed by atoms with van der Waals surface area (Å²) in [5.74, 6) is -0.314. The zero-order valence-electron chi connectivity index (χ0n) is 13.0. The summed E-state index contributed by atoms with van der Waals surface area (Å²) in [5, 5.41) is 2.91. The fraction of sp³-hybridized carbons (Fsp3) is 0.294. The minimum atomic E-state index is -0.625. The molecule has 1 atom stereocenters. The molecule has 0 radical (unpaired) electrons. The van der Waals surface area contributed by atoms with Gasteiger partial charge in [-0.25, -0.2) is 4.79 Å². The summed E-state index contributed by atoms with van der Waals surface area (Å²) >= 11 is 5.99. The van der Waals surface area contributed by atoms with Gasteiger partial charge in [0.2, 0.25) is 0 Å². The van der Waals surface area contributed by atoms with E-state index in [-0.39, 0.29) is 11.9 Å². The summed E-state index contributed by atoms with van der Waals surface area (Å²) in [5.41, 5.74) is 0.717. The minimum Gasteiger partial charge on any atom is -0.355 e. The smallest absolute Gasteiger partial charge is 0.325 e. The molecule has 0 saturated carbocycles. The molecular weight excluding hydrogens is 314 g/mol. The fourth-order valence-electron chi connectivity index (χ4n) is 2.58. The number of carbonyl (C=O) groups is 2. The molecule has 1 unspecified atom stereocenters. The van der Waals surface area contributed by atoms with Crippen LogP contribution in [0.4, 0.5) is 4.79 Å². The minimum absolute atomic E-state index is 0.314. The summed E-state index contributed by atoms with van der Waals surface area (Å²) in [7, 11) is 0. The van der Waals surface area contributed by atoms with Crippen LogP contribution in [-0.4, -0.2) is 34.8 Å². The number of hydrogen-bond donors (Lipinski definition) is 1. The molecule has 3 amide bonds. The van der Waals surface area contributed by atoms with E-state index in [4.69, 9.17) is 11.6 Å². The highest BCUT2D eigenvalue weighted by Gasteiger charge is 2.38. The Kier molecular flexibility index (Phi) is 5.82. The Morgan fingerprint density at radius 2 is 2.22 bits per heavy atom. The molecule has 6 heteroatoms. The van der Waals surface area contributed by atoms with Crippen molar-refractivity contribution in [3.05, 3.63) is 59.9 Å². The van der Waals surface area contributed by atoms with E-state index in [2.05, 4.69) is 11.9 Å². The molecule has 2 rings (SSSR count). The molecule has 0 aliphatic carbocycles. The lowest BCUT2D eigenvalue weighted by molar-refractivity contribution is -0.121. The molecule has 0 aromatic heterocycles. The van der Waals surface area contributed by atoms with Crippen molar-refractivity contribution in [1.29, 1.82) is 0 Å². The van der Waals surface area contributed by atoms with Crippen LogP contribution >= 0.6 is 11.6 Å². The van der Waals surface area contributed by atoms with Gasteiger partial charge in [0.05, 0.1) is 0 Å². The SMILES string of the molecule is C=CN(/C=C\C)CCCN1C(=O)NC(=O)C1c1cccc(Cl)c1. The summed E-state index contributed by atoms with van der Waals surface area (Å²) in [6.45, 7) is 6.86. The normalized spacial score (nSPS) is 17.7. The first-order chi connectivity index (χ1) is 11.1. The van der Waals surface area contributed by atoms with Gasteiger partial charge in [-0.05, 0) is 43.4 Å². The summed E-state index contributed by atoms with van der Waals surface area (Å²) in [6.07, 6.45) is 6.27. The van der Waals surface area contributed by atoms with Crippen molar-refractivity contribution in [2.24, 2.45) is 0 Å². The lowest BCUT2D eigenvalue weighted by atomic mass is 10.1. The van der Waals surface area contributed by atoms with E-state index in [0.717, 1.165) is 5.56 Å². The van der Waals surface area contributed by atoms with Crippen LogP contribution in [0.1, 0.15) is 24.9 Å². The second-order valence-corrected chi connectivity index (χ2v) is 5.64. The number of imide groups is 1. The van der Waals surface area contributed by atoms with E-state index in [1.54, 1.807) is 35.4 Å². The van der Waals surface area contributed by atoms with Gasteiger partial charge in [0.15, 0.2) is 0 Å². The lowest BCUT2D eigenvalue weighted by Gasteiger charge is -2.23. The summed E-state index contributed by atoms with van der Waals surface area (Å²) < 4.78 is 0. The van der Waals surface area contributed by atoms with E-state index < -0.39 is 6.04 Å². The van der Waals surface area contributed by atoms with Crippen LogP contribution in [0, 0.1) is 0 Å². The first kappa shape index (κ1) is 17.1. The second kappa shape index (κ2) is 7.83. The van der Waals surface area contributed by atoms with Crippen molar-refractivity contribution < 1.29 is 9.59 Å². The van der Waals surface area contributed by atoms with E-state index in [9.17, 15) is 9.59 Å². The molecule has 0 spiro atoms. The Bertz CT molecular complexity index is 630. The highest BCUT2D eigenvalue weighted by Crippen LogP contribution is 2.27. The quantitative estimate of drug-likeness (QED) is 0.779. The van der Waals surface area contributed by atoms with Crippen LogP contribution in [0.2, 0.25) is 5.02 Å². The lowest BCUT2D eigenvalue weighted by Crippen LogP contribution is -2.32. The third-order valence-corrected chi connectivity index (χ3v) is 3.84. The van der Waals surface area contributed by atoms with E-state index in [1.807, 2.05) is 24.1 Å². The predicted octanol–water partition coefficient (Wildman–Crippen LogP) is 3.30. The van der Waals surface area contributed by atoms with Gasteiger partial charge in [-0.1, -0.05) is 36.4 Å². The predicted molar refractivity (Wildman–Crippen MR) is 90.8 cm³/mol. The number of nitrogens with zero attached hydrogens (tertiary/aromatic N) is 2. The molecule has 1 heterocycles. The van der Waals surface area contributed by atoms with Crippen molar-refractivity contribution >= 4 is 23.5 Å². The molecule has 1 N–H and O–H groups in total. The van der Waals surface area contributed by atoms with E-state index in [1.165, 1.54) is 0 Å². The number of urea groups is 1. The van der Waals surface area contributed by atoms with Gasteiger partial charge in [-0.3, -0.25) is 10.1 Å². The molecule has 1 aliphatic heterocycles. The molecule has 1 aromatic carbocycles. The van der Waals surface area contributed by atoms with Gasteiger partial charge >= 0.3 is 6.03 Å². The van der Waals surface area contributed by atoms with Crippen molar-refractivity contribution in [2.45, 2.75) is 19.4 Å². The number of amides is 3. The third kappa shape index (κ3) is 4.13. The number of allylic oxidation sites excluding steroid dienone is 1. The molecule has 23 heavy (non-hydrogen) atoms. The van der Waals surface area contributed by atoms with Crippen LogP contribution in [0.3, 0.4) is 0 Å². The molecule has 0 bridgehead atoms. The van der Waals surface area contributed by atoms with Gasteiger partial charge in [0.25, 0.3) is 5.91 Å². The first-order valence-electron chi connectivity index (χ1n) is 7.45.